The molecule has 0 aliphatic carbocycles. The van der Waals surface area contributed by atoms with Crippen LogP contribution in [-0.2, 0) is 22.3 Å². The molecule has 0 aliphatic heterocycles. The van der Waals surface area contributed by atoms with Crippen molar-refractivity contribution in [3.63, 3.8) is 0 Å². The normalized spacial score (nSPS) is 11.9. The molecule has 0 saturated heterocycles. The first-order chi connectivity index (χ1) is 12.8. The van der Waals surface area contributed by atoms with Crippen molar-refractivity contribution in [2.24, 2.45) is 0 Å². The molecule has 0 radical (unpaired) electrons. The average molecular weight is 459 g/mol. The lowest BCUT2D eigenvalue weighted by Gasteiger charge is -2.06. The molecular formula is C17H10BrF3N2O3S. The summed E-state index contributed by atoms with van der Waals surface area (Å²) in [6.45, 7) is -0.245. The van der Waals surface area contributed by atoms with E-state index in [1.807, 2.05) is 6.07 Å². The van der Waals surface area contributed by atoms with E-state index in [4.69, 9.17) is 9.15 Å². The van der Waals surface area contributed by atoms with Crippen LogP contribution in [0.15, 0.2) is 50.7 Å². The molecule has 5 nitrogen and oxygen atoms in total. The van der Waals surface area contributed by atoms with Gasteiger partial charge in [0, 0.05) is 6.08 Å². The topological polar surface area (TPSA) is 65.2 Å². The van der Waals surface area contributed by atoms with E-state index in [1.54, 1.807) is 6.07 Å². The van der Waals surface area contributed by atoms with Gasteiger partial charge >= 0.3 is 12.1 Å². The highest BCUT2D eigenvalue weighted by Gasteiger charge is 2.30. The number of hydrogen-bond donors (Lipinski definition) is 0. The van der Waals surface area contributed by atoms with Crippen LogP contribution in [0.3, 0.4) is 0 Å². The van der Waals surface area contributed by atoms with Crippen molar-refractivity contribution >= 4 is 39.3 Å². The predicted octanol–water partition coefficient (Wildman–Crippen LogP) is 5.34. The maximum Gasteiger partial charge on any atom is 0.416 e. The molecule has 27 heavy (non-hydrogen) atoms. The SMILES string of the molecule is O=C(/C=C/c1cccc(C(F)(F)F)c1)OCc1nnc(-c2ccc(Br)s2)o1. The Morgan fingerprint density at radius 1 is 1.26 bits per heavy atom. The Labute approximate surface area is 163 Å². The number of nitrogens with zero attached hydrogens (tertiary/aromatic N) is 2. The molecular weight excluding hydrogens is 449 g/mol. The van der Waals surface area contributed by atoms with Gasteiger partial charge in [-0.25, -0.2) is 4.79 Å². The molecule has 2 heterocycles. The number of alkyl halides is 3. The van der Waals surface area contributed by atoms with E-state index in [-0.39, 0.29) is 18.1 Å². The van der Waals surface area contributed by atoms with Gasteiger partial charge in [0.05, 0.1) is 14.2 Å². The van der Waals surface area contributed by atoms with Crippen LogP contribution in [0, 0.1) is 0 Å². The second-order valence-corrected chi connectivity index (χ2v) is 7.63. The van der Waals surface area contributed by atoms with Gasteiger partial charge in [0.25, 0.3) is 11.8 Å². The van der Waals surface area contributed by atoms with Crippen LogP contribution in [0.4, 0.5) is 13.2 Å². The van der Waals surface area contributed by atoms with Gasteiger partial charge in [0.15, 0.2) is 6.61 Å². The van der Waals surface area contributed by atoms with Crippen molar-refractivity contribution in [3.8, 4) is 10.8 Å². The van der Waals surface area contributed by atoms with Crippen LogP contribution in [-0.4, -0.2) is 16.2 Å². The minimum absolute atomic E-state index is 0.107. The third-order valence-electron chi connectivity index (χ3n) is 3.21. The van der Waals surface area contributed by atoms with Gasteiger partial charge < -0.3 is 9.15 Å². The highest BCUT2D eigenvalue weighted by atomic mass is 79.9. The van der Waals surface area contributed by atoms with Crippen LogP contribution in [0.5, 0.6) is 0 Å². The zero-order valence-corrected chi connectivity index (χ0v) is 15.8. The molecule has 0 saturated carbocycles. The quantitative estimate of drug-likeness (QED) is 0.381. The van der Waals surface area contributed by atoms with Crippen LogP contribution < -0.4 is 0 Å². The summed E-state index contributed by atoms with van der Waals surface area (Å²) < 4.78 is 49.2. The van der Waals surface area contributed by atoms with Crippen molar-refractivity contribution in [3.05, 3.63) is 63.3 Å². The molecule has 0 amide bonds. The Bertz CT molecular complexity index is 982. The van der Waals surface area contributed by atoms with E-state index in [0.29, 0.717) is 5.89 Å². The molecule has 0 N–H and O–H groups in total. The van der Waals surface area contributed by atoms with Gasteiger partial charge in [-0.3, -0.25) is 0 Å². The number of rotatable bonds is 5. The Hall–Kier alpha value is -2.46. The molecule has 0 unspecified atom stereocenters. The Morgan fingerprint density at radius 3 is 2.78 bits per heavy atom. The van der Waals surface area contributed by atoms with Crippen LogP contribution in [0.1, 0.15) is 17.0 Å². The molecule has 1 aromatic carbocycles. The lowest BCUT2D eigenvalue weighted by Crippen LogP contribution is -2.04. The molecule has 0 spiro atoms. The molecule has 0 fully saturated rings. The molecule has 140 valence electrons. The van der Waals surface area contributed by atoms with Crippen molar-refractivity contribution in [2.45, 2.75) is 12.8 Å². The van der Waals surface area contributed by atoms with Gasteiger partial charge in [0.1, 0.15) is 0 Å². The second-order valence-electron chi connectivity index (χ2n) is 5.17. The summed E-state index contributed by atoms with van der Waals surface area (Å²) in [5.41, 5.74) is -0.568. The van der Waals surface area contributed by atoms with Crippen LogP contribution >= 0.6 is 27.3 Å². The maximum atomic E-state index is 12.7. The Kier molecular flexibility index (Phi) is 5.76. The van der Waals surface area contributed by atoms with Crippen molar-refractivity contribution in [1.29, 1.82) is 0 Å². The minimum Gasteiger partial charge on any atom is -0.452 e. The molecule has 10 heteroatoms. The zero-order valence-electron chi connectivity index (χ0n) is 13.4. The fourth-order valence-corrected chi connectivity index (χ4v) is 3.31. The first-order valence-electron chi connectivity index (χ1n) is 7.41. The van der Waals surface area contributed by atoms with E-state index in [2.05, 4.69) is 26.1 Å². The number of halogens is 4. The standard InChI is InChI=1S/C17H10BrF3N2O3S/c18-13-6-5-12(27-13)16-23-22-14(26-16)9-25-15(24)7-4-10-2-1-3-11(8-10)17(19,20)21/h1-8H,9H2/b7-4+. The third-order valence-corrected chi connectivity index (χ3v) is 4.83. The van der Waals surface area contributed by atoms with E-state index in [1.165, 1.54) is 29.5 Å². The van der Waals surface area contributed by atoms with Gasteiger partial charge in [-0.1, -0.05) is 12.1 Å². The van der Waals surface area contributed by atoms with E-state index in [0.717, 1.165) is 26.9 Å². The smallest absolute Gasteiger partial charge is 0.416 e. The van der Waals surface area contributed by atoms with Gasteiger partial charge in [0.2, 0.25) is 0 Å². The second kappa shape index (κ2) is 8.05. The van der Waals surface area contributed by atoms with Crippen molar-refractivity contribution in [2.75, 3.05) is 0 Å². The zero-order chi connectivity index (χ0) is 19.4. The molecule has 0 aliphatic rings. The summed E-state index contributed by atoms with van der Waals surface area (Å²) in [4.78, 5) is 12.5. The number of ether oxygens (including phenoxy) is 1. The van der Waals surface area contributed by atoms with E-state index < -0.39 is 17.7 Å². The number of hydrogen-bond acceptors (Lipinski definition) is 6. The highest BCUT2D eigenvalue weighted by Crippen LogP contribution is 2.31. The number of benzene rings is 1. The number of esters is 1. The average Bonchev–Trinajstić information content (AvgIpc) is 3.26. The molecule has 0 bridgehead atoms. The fraction of sp³-hybridized carbons (Fsp3) is 0.118. The Balaban J connectivity index is 1.57. The number of carbonyl (C=O) groups excluding carboxylic acids is 1. The number of thiophene rings is 1. The first-order valence-corrected chi connectivity index (χ1v) is 9.02. The lowest BCUT2D eigenvalue weighted by atomic mass is 10.1. The van der Waals surface area contributed by atoms with Crippen LogP contribution in [0.25, 0.3) is 16.8 Å². The van der Waals surface area contributed by atoms with Crippen molar-refractivity contribution < 1.29 is 27.1 Å². The predicted molar refractivity (Wildman–Crippen MR) is 95.6 cm³/mol. The number of carbonyl (C=O) groups is 1. The summed E-state index contributed by atoms with van der Waals surface area (Å²) >= 11 is 4.74. The molecule has 3 rings (SSSR count). The van der Waals surface area contributed by atoms with E-state index >= 15 is 0 Å². The summed E-state index contributed by atoms with van der Waals surface area (Å²) in [7, 11) is 0. The largest absolute Gasteiger partial charge is 0.452 e. The molecule has 0 atom stereocenters. The summed E-state index contributed by atoms with van der Waals surface area (Å²) in [5.74, 6) is -0.336. The maximum absolute atomic E-state index is 12.7. The Morgan fingerprint density at radius 2 is 2.07 bits per heavy atom. The van der Waals surface area contributed by atoms with Gasteiger partial charge in [-0.2, -0.15) is 13.2 Å². The van der Waals surface area contributed by atoms with Crippen LogP contribution in [0.2, 0.25) is 0 Å². The summed E-state index contributed by atoms with van der Waals surface area (Å²) in [6, 6.07) is 8.24. The van der Waals surface area contributed by atoms with E-state index in [9.17, 15) is 18.0 Å². The van der Waals surface area contributed by atoms with Gasteiger partial charge in [-0.05, 0) is 51.8 Å². The van der Waals surface area contributed by atoms with Crippen molar-refractivity contribution in [1.82, 2.24) is 10.2 Å². The monoisotopic (exact) mass is 458 g/mol. The highest BCUT2D eigenvalue weighted by molar-refractivity contribution is 9.11. The fourth-order valence-electron chi connectivity index (χ4n) is 2.00. The summed E-state index contributed by atoms with van der Waals surface area (Å²) in [5, 5.41) is 7.64. The summed E-state index contributed by atoms with van der Waals surface area (Å²) in [6.07, 6.45) is -2.18. The first kappa shape index (κ1) is 19.3. The van der Waals surface area contributed by atoms with Gasteiger partial charge in [-0.15, -0.1) is 21.5 Å². The molecule has 3 aromatic rings. The third kappa shape index (κ3) is 5.27. The molecule has 2 aromatic heterocycles. The minimum atomic E-state index is -4.45. The lowest BCUT2D eigenvalue weighted by molar-refractivity contribution is -0.139. The number of aromatic nitrogens is 2.